The molecule has 0 spiro atoms. The molecule has 1 saturated heterocycles. The number of amides is 2. The normalized spacial score (nSPS) is 20.1. The van der Waals surface area contributed by atoms with Crippen LogP contribution in [0.25, 0.3) is 11.1 Å². The van der Waals surface area contributed by atoms with Crippen molar-refractivity contribution in [2.45, 2.75) is 50.8 Å². The summed E-state index contributed by atoms with van der Waals surface area (Å²) in [5.41, 5.74) is 4.50. The molecule has 0 radical (unpaired) electrons. The van der Waals surface area contributed by atoms with E-state index in [0.29, 0.717) is 0 Å². The molecular formula is C26H30N2O6. The number of nitrogens with zero attached hydrogens (tertiary/aromatic N) is 1. The summed E-state index contributed by atoms with van der Waals surface area (Å²) in [5, 5.41) is 22.0. The fourth-order valence-corrected chi connectivity index (χ4v) is 4.87. The van der Waals surface area contributed by atoms with Crippen molar-refractivity contribution < 1.29 is 29.3 Å². The van der Waals surface area contributed by atoms with Crippen LogP contribution < -0.4 is 5.32 Å². The van der Waals surface area contributed by atoms with E-state index in [1.54, 1.807) is 0 Å². The summed E-state index contributed by atoms with van der Waals surface area (Å²) in [7, 11) is 0. The van der Waals surface area contributed by atoms with Crippen LogP contribution in [0.4, 0.5) is 4.79 Å². The average Bonchev–Trinajstić information content (AvgIpc) is 3.35. The van der Waals surface area contributed by atoms with Crippen LogP contribution in [-0.2, 0) is 14.3 Å². The van der Waals surface area contributed by atoms with Gasteiger partial charge in [0.15, 0.2) is 0 Å². The van der Waals surface area contributed by atoms with Crippen LogP contribution in [0.15, 0.2) is 48.5 Å². The van der Waals surface area contributed by atoms with Crippen molar-refractivity contribution in [1.82, 2.24) is 10.2 Å². The molecule has 8 heteroatoms. The number of likely N-dealkylation sites (tertiary alicyclic amines) is 1. The van der Waals surface area contributed by atoms with Gasteiger partial charge in [-0.05, 0) is 28.2 Å². The lowest BCUT2D eigenvalue weighted by Gasteiger charge is -2.27. The van der Waals surface area contributed by atoms with Crippen LogP contribution in [0.2, 0.25) is 0 Å². The van der Waals surface area contributed by atoms with Gasteiger partial charge in [0, 0.05) is 31.3 Å². The number of benzene rings is 2. The monoisotopic (exact) mass is 466 g/mol. The first-order valence-corrected chi connectivity index (χ1v) is 11.6. The third kappa shape index (κ3) is 4.77. The molecule has 34 heavy (non-hydrogen) atoms. The number of β-amino-alcohol motifs (C(OH)–C–C–N with tert-alkyl or cyclic N) is 1. The maximum atomic E-state index is 12.8. The number of nitrogens with one attached hydrogen (secondary N) is 1. The highest BCUT2D eigenvalue weighted by Gasteiger charge is 2.39. The molecule has 1 unspecified atom stereocenters. The first-order valence-electron chi connectivity index (χ1n) is 11.6. The number of fused-ring (bicyclic) bond motifs is 3. The Kier molecular flexibility index (Phi) is 6.88. The molecule has 1 aliphatic carbocycles. The maximum absolute atomic E-state index is 12.8. The summed E-state index contributed by atoms with van der Waals surface area (Å²) in [4.78, 5) is 38.1. The zero-order valence-corrected chi connectivity index (χ0v) is 19.3. The van der Waals surface area contributed by atoms with E-state index in [1.165, 1.54) is 4.90 Å². The quantitative estimate of drug-likeness (QED) is 0.578. The summed E-state index contributed by atoms with van der Waals surface area (Å²) in [6, 6.07) is 14.5. The Morgan fingerprint density at radius 1 is 1.06 bits per heavy atom. The molecule has 3 N–H and O–H groups in total. The topological polar surface area (TPSA) is 116 Å². The van der Waals surface area contributed by atoms with Gasteiger partial charge in [0.25, 0.3) is 0 Å². The summed E-state index contributed by atoms with van der Waals surface area (Å²) < 4.78 is 5.59. The molecule has 0 saturated carbocycles. The molecule has 1 aliphatic heterocycles. The molecule has 8 nitrogen and oxygen atoms in total. The van der Waals surface area contributed by atoms with Gasteiger partial charge in [0.2, 0.25) is 5.91 Å². The number of aliphatic hydroxyl groups excluding tert-OH is 1. The summed E-state index contributed by atoms with van der Waals surface area (Å²) in [6.45, 7) is 3.88. The third-order valence-electron chi connectivity index (χ3n) is 6.73. The molecule has 2 aliphatic rings. The number of rotatable bonds is 7. The van der Waals surface area contributed by atoms with Crippen molar-refractivity contribution in [3.8, 4) is 11.1 Å². The van der Waals surface area contributed by atoms with Gasteiger partial charge in [-0.25, -0.2) is 9.59 Å². The fourth-order valence-electron chi connectivity index (χ4n) is 4.87. The van der Waals surface area contributed by atoms with Crippen LogP contribution in [0.5, 0.6) is 0 Å². The first-order chi connectivity index (χ1) is 16.3. The van der Waals surface area contributed by atoms with E-state index < -0.39 is 36.2 Å². The molecule has 2 aromatic carbocycles. The second-order valence-electron chi connectivity index (χ2n) is 9.31. The summed E-state index contributed by atoms with van der Waals surface area (Å²) in [5.74, 6) is -1.71. The van der Waals surface area contributed by atoms with Crippen LogP contribution in [0.3, 0.4) is 0 Å². The van der Waals surface area contributed by atoms with Crippen LogP contribution >= 0.6 is 0 Å². The lowest BCUT2D eigenvalue weighted by molar-refractivity contribution is -0.148. The number of alkyl carbamates (subject to hydrolysis) is 1. The van der Waals surface area contributed by atoms with Gasteiger partial charge >= 0.3 is 12.1 Å². The van der Waals surface area contributed by atoms with Gasteiger partial charge < -0.3 is 25.2 Å². The van der Waals surface area contributed by atoms with Gasteiger partial charge in [-0.1, -0.05) is 62.4 Å². The standard InChI is InChI=1S/C26H30N2O6/c1-15(2)22(12-24(30)28-13-16(29)11-23(28)25(31)32)27-26(33)34-14-21-19-9-5-3-7-17(19)18-8-4-6-10-20(18)21/h3-10,15-16,21-23,29H,11-14H2,1-2H3,(H,27,33)(H,31,32)/t16-,22?,23-/m1/s1. The van der Waals surface area contributed by atoms with E-state index in [2.05, 4.69) is 17.4 Å². The van der Waals surface area contributed by atoms with E-state index in [1.807, 2.05) is 50.2 Å². The second-order valence-corrected chi connectivity index (χ2v) is 9.31. The summed E-state index contributed by atoms with van der Waals surface area (Å²) in [6.07, 6.45) is -1.55. The van der Waals surface area contributed by atoms with Crippen molar-refractivity contribution in [1.29, 1.82) is 0 Å². The highest BCUT2D eigenvalue weighted by molar-refractivity contribution is 5.85. The van der Waals surface area contributed by atoms with E-state index in [0.717, 1.165) is 22.3 Å². The number of carboxylic acid groups (broad SMARTS) is 1. The predicted molar refractivity (Wildman–Crippen MR) is 125 cm³/mol. The number of ether oxygens (including phenoxy) is 1. The molecule has 1 heterocycles. The van der Waals surface area contributed by atoms with Crippen molar-refractivity contribution in [3.63, 3.8) is 0 Å². The van der Waals surface area contributed by atoms with Crippen LogP contribution in [-0.4, -0.2) is 64.4 Å². The molecular weight excluding hydrogens is 436 g/mol. The minimum absolute atomic E-state index is 0.00717. The first kappa shape index (κ1) is 23.8. The zero-order valence-electron chi connectivity index (χ0n) is 19.3. The second kappa shape index (κ2) is 9.85. The van der Waals surface area contributed by atoms with Crippen molar-refractivity contribution >= 4 is 18.0 Å². The Morgan fingerprint density at radius 2 is 1.65 bits per heavy atom. The Balaban J connectivity index is 1.39. The Hall–Kier alpha value is -3.39. The SMILES string of the molecule is CC(C)C(CC(=O)N1C[C@H](O)C[C@@H]1C(=O)O)NC(=O)OCC1c2ccccc2-c2ccccc21. The molecule has 0 aromatic heterocycles. The lowest BCUT2D eigenvalue weighted by atomic mass is 9.98. The molecule has 180 valence electrons. The molecule has 0 bridgehead atoms. The average molecular weight is 467 g/mol. The smallest absolute Gasteiger partial charge is 0.407 e. The molecule has 1 fully saturated rings. The predicted octanol–water partition coefficient (Wildman–Crippen LogP) is 2.99. The Morgan fingerprint density at radius 3 is 2.21 bits per heavy atom. The highest BCUT2D eigenvalue weighted by atomic mass is 16.5. The van der Waals surface area contributed by atoms with Gasteiger partial charge in [0.1, 0.15) is 12.6 Å². The molecule has 4 rings (SSSR count). The van der Waals surface area contributed by atoms with Gasteiger partial charge in [0.05, 0.1) is 6.10 Å². The van der Waals surface area contributed by atoms with Gasteiger partial charge in [-0.3, -0.25) is 4.79 Å². The molecule has 2 amide bonds. The Bertz CT molecular complexity index is 1040. The number of aliphatic carboxylic acids is 1. The largest absolute Gasteiger partial charge is 0.480 e. The van der Waals surface area contributed by atoms with E-state index in [9.17, 15) is 24.6 Å². The number of carboxylic acids is 1. The Labute approximate surface area is 198 Å². The van der Waals surface area contributed by atoms with Crippen molar-refractivity contribution in [2.75, 3.05) is 13.2 Å². The highest BCUT2D eigenvalue weighted by Crippen LogP contribution is 2.44. The zero-order chi connectivity index (χ0) is 24.4. The van der Waals surface area contributed by atoms with Crippen molar-refractivity contribution in [3.05, 3.63) is 59.7 Å². The number of hydrogen-bond acceptors (Lipinski definition) is 5. The minimum atomic E-state index is -1.14. The maximum Gasteiger partial charge on any atom is 0.407 e. The van der Waals surface area contributed by atoms with Crippen LogP contribution in [0.1, 0.15) is 43.7 Å². The van der Waals surface area contributed by atoms with Gasteiger partial charge in [-0.2, -0.15) is 0 Å². The minimum Gasteiger partial charge on any atom is -0.480 e. The van der Waals surface area contributed by atoms with Crippen LogP contribution in [0, 0.1) is 5.92 Å². The van der Waals surface area contributed by atoms with E-state index in [-0.39, 0.29) is 37.8 Å². The molecule has 3 atom stereocenters. The number of carbonyl (C=O) groups excluding carboxylic acids is 2. The number of hydrogen-bond donors (Lipinski definition) is 3. The van der Waals surface area contributed by atoms with Gasteiger partial charge in [-0.15, -0.1) is 0 Å². The number of aliphatic hydroxyl groups is 1. The lowest BCUT2D eigenvalue weighted by Crippen LogP contribution is -2.46. The fraction of sp³-hybridized carbons (Fsp3) is 0.423. The van der Waals surface area contributed by atoms with Crippen molar-refractivity contribution in [2.24, 2.45) is 5.92 Å². The van der Waals surface area contributed by atoms with E-state index >= 15 is 0 Å². The number of carbonyl (C=O) groups is 3. The summed E-state index contributed by atoms with van der Waals surface area (Å²) >= 11 is 0. The molecule has 2 aromatic rings. The van der Waals surface area contributed by atoms with E-state index in [4.69, 9.17) is 4.74 Å². The third-order valence-corrected chi connectivity index (χ3v) is 6.73.